The van der Waals surface area contributed by atoms with Crippen LogP contribution in [-0.2, 0) is 0 Å². The zero-order valence-electron chi connectivity index (χ0n) is 10.9. The number of hydrogen-bond donors (Lipinski definition) is 2. The highest BCUT2D eigenvalue weighted by atomic mass is 16.5. The highest BCUT2D eigenvalue weighted by Gasteiger charge is 2.19. The number of rotatable bonds is 4. The third-order valence-corrected chi connectivity index (χ3v) is 2.86. The number of nitrogens with one attached hydrogen (secondary N) is 1. The minimum atomic E-state index is -1.05. The number of carbonyl (C=O) groups is 1. The molecule has 19 heavy (non-hydrogen) atoms. The molecule has 0 saturated carbocycles. The number of benzene rings is 1. The third kappa shape index (κ3) is 2.24. The van der Waals surface area contributed by atoms with Gasteiger partial charge in [-0.25, -0.2) is 4.79 Å². The average molecular weight is 262 g/mol. The molecule has 2 aromatic rings. The van der Waals surface area contributed by atoms with Gasteiger partial charge in [0.05, 0.1) is 26.1 Å². The summed E-state index contributed by atoms with van der Waals surface area (Å²) in [6.45, 7) is 1.89. The van der Waals surface area contributed by atoms with E-state index in [1.54, 1.807) is 19.2 Å². The number of hydrogen-bond acceptors (Lipinski definition) is 4. The van der Waals surface area contributed by atoms with Gasteiger partial charge in [-0.2, -0.15) is 5.10 Å². The van der Waals surface area contributed by atoms with Crippen molar-refractivity contribution in [1.82, 2.24) is 10.2 Å². The molecule has 0 bridgehead atoms. The van der Waals surface area contributed by atoms with Gasteiger partial charge in [0, 0.05) is 5.56 Å². The number of carboxylic acid groups (broad SMARTS) is 1. The van der Waals surface area contributed by atoms with Crippen molar-refractivity contribution in [1.29, 1.82) is 0 Å². The van der Waals surface area contributed by atoms with Gasteiger partial charge >= 0.3 is 5.97 Å². The van der Waals surface area contributed by atoms with Crippen LogP contribution in [0.5, 0.6) is 11.5 Å². The van der Waals surface area contributed by atoms with Crippen LogP contribution < -0.4 is 9.47 Å². The summed E-state index contributed by atoms with van der Waals surface area (Å²) in [5.41, 5.74) is 1.98. The van der Waals surface area contributed by atoms with Crippen molar-refractivity contribution in [2.24, 2.45) is 0 Å². The van der Waals surface area contributed by atoms with Gasteiger partial charge in [-0.3, -0.25) is 5.10 Å². The van der Waals surface area contributed by atoms with Crippen LogP contribution >= 0.6 is 0 Å². The number of carboxylic acids is 1. The van der Waals surface area contributed by atoms with Gasteiger partial charge in [0.25, 0.3) is 0 Å². The van der Waals surface area contributed by atoms with Crippen molar-refractivity contribution in [3.8, 4) is 22.8 Å². The molecule has 6 heteroatoms. The molecule has 1 heterocycles. The highest BCUT2D eigenvalue weighted by Crippen LogP contribution is 2.36. The van der Waals surface area contributed by atoms with Crippen LogP contribution in [-0.4, -0.2) is 35.5 Å². The fraction of sp³-hybridized carbons (Fsp3) is 0.231. The van der Waals surface area contributed by atoms with Crippen LogP contribution in [0, 0.1) is 6.92 Å². The van der Waals surface area contributed by atoms with E-state index in [0.29, 0.717) is 22.8 Å². The van der Waals surface area contributed by atoms with E-state index in [4.69, 9.17) is 14.6 Å². The predicted molar refractivity (Wildman–Crippen MR) is 68.8 cm³/mol. The Balaban J connectivity index is 2.66. The van der Waals surface area contributed by atoms with E-state index in [0.717, 1.165) is 5.56 Å². The second-order valence-electron chi connectivity index (χ2n) is 3.99. The Morgan fingerprint density at radius 1 is 1.26 bits per heavy atom. The van der Waals surface area contributed by atoms with Crippen molar-refractivity contribution < 1.29 is 19.4 Å². The summed E-state index contributed by atoms with van der Waals surface area (Å²) in [5, 5.41) is 15.6. The van der Waals surface area contributed by atoms with Crippen molar-refractivity contribution in [2.75, 3.05) is 14.2 Å². The summed E-state index contributed by atoms with van der Waals surface area (Å²) in [5.74, 6) is 0.164. The van der Waals surface area contributed by atoms with Crippen LogP contribution in [0.3, 0.4) is 0 Å². The first-order valence-electron chi connectivity index (χ1n) is 5.58. The lowest BCUT2D eigenvalue weighted by molar-refractivity contribution is 0.0698. The minimum absolute atomic E-state index is 0.0872. The van der Waals surface area contributed by atoms with Crippen LogP contribution in [0.1, 0.15) is 15.9 Å². The van der Waals surface area contributed by atoms with Crippen LogP contribution in [0.4, 0.5) is 0 Å². The van der Waals surface area contributed by atoms with E-state index >= 15 is 0 Å². The van der Waals surface area contributed by atoms with Crippen molar-refractivity contribution in [2.45, 2.75) is 6.92 Å². The number of methoxy groups -OCH3 is 2. The molecule has 0 aliphatic carbocycles. The van der Waals surface area contributed by atoms with Crippen LogP contribution in [0.25, 0.3) is 11.3 Å². The van der Waals surface area contributed by atoms with Gasteiger partial charge < -0.3 is 14.6 Å². The zero-order chi connectivity index (χ0) is 14.0. The number of ether oxygens (including phenoxy) is 2. The molecule has 0 amide bonds. The molecule has 0 saturated heterocycles. The molecule has 0 spiro atoms. The number of nitrogens with zero attached hydrogens (tertiary/aromatic N) is 1. The van der Waals surface area contributed by atoms with E-state index < -0.39 is 5.97 Å². The summed E-state index contributed by atoms with van der Waals surface area (Å²) >= 11 is 0. The SMILES string of the molecule is COc1cc(-c2[nH]ncc2C(=O)O)c(OC)cc1C. The maximum Gasteiger partial charge on any atom is 0.339 e. The summed E-state index contributed by atoms with van der Waals surface area (Å²) in [6, 6.07) is 3.52. The van der Waals surface area contributed by atoms with Gasteiger partial charge in [0.15, 0.2) is 0 Å². The zero-order valence-corrected chi connectivity index (χ0v) is 10.9. The fourth-order valence-corrected chi connectivity index (χ4v) is 1.90. The molecule has 2 N–H and O–H groups in total. The Morgan fingerprint density at radius 2 is 1.95 bits per heavy atom. The van der Waals surface area contributed by atoms with Crippen molar-refractivity contribution in [3.63, 3.8) is 0 Å². The number of aryl methyl sites for hydroxylation is 1. The summed E-state index contributed by atoms with van der Waals surface area (Å²) in [4.78, 5) is 11.1. The molecule has 6 nitrogen and oxygen atoms in total. The minimum Gasteiger partial charge on any atom is -0.496 e. The first-order valence-corrected chi connectivity index (χ1v) is 5.58. The van der Waals surface area contributed by atoms with Crippen molar-refractivity contribution in [3.05, 3.63) is 29.5 Å². The number of aromatic amines is 1. The Hall–Kier alpha value is -2.50. The van der Waals surface area contributed by atoms with E-state index in [1.165, 1.54) is 13.3 Å². The Kier molecular flexibility index (Phi) is 3.41. The fourth-order valence-electron chi connectivity index (χ4n) is 1.90. The Morgan fingerprint density at radius 3 is 2.53 bits per heavy atom. The third-order valence-electron chi connectivity index (χ3n) is 2.86. The molecule has 0 aliphatic heterocycles. The van der Waals surface area contributed by atoms with Gasteiger partial charge in [-0.05, 0) is 24.6 Å². The normalized spacial score (nSPS) is 10.3. The molecule has 0 aliphatic rings. The molecule has 0 radical (unpaired) electrons. The second-order valence-corrected chi connectivity index (χ2v) is 3.99. The average Bonchev–Trinajstić information content (AvgIpc) is 2.87. The summed E-state index contributed by atoms with van der Waals surface area (Å²) < 4.78 is 10.5. The second kappa shape index (κ2) is 5.01. The maximum atomic E-state index is 11.1. The van der Waals surface area contributed by atoms with E-state index in [9.17, 15) is 4.79 Å². The smallest absolute Gasteiger partial charge is 0.339 e. The largest absolute Gasteiger partial charge is 0.496 e. The molecule has 1 aromatic heterocycles. The Bertz CT molecular complexity index is 619. The standard InChI is InChI=1S/C13H14N2O4/c1-7-4-11(19-3)8(5-10(7)18-2)12-9(13(16)17)6-14-15-12/h4-6H,1-3H3,(H,14,15)(H,16,17). The molecule has 2 rings (SSSR count). The maximum absolute atomic E-state index is 11.1. The van der Waals surface area contributed by atoms with E-state index in [2.05, 4.69) is 10.2 Å². The molecule has 0 unspecified atom stereocenters. The number of H-pyrrole nitrogens is 1. The first kappa shape index (κ1) is 12.9. The number of aromatic carboxylic acids is 1. The van der Waals surface area contributed by atoms with Gasteiger partial charge in [-0.15, -0.1) is 0 Å². The highest BCUT2D eigenvalue weighted by molar-refractivity contribution is 5.95. The van der Waals surface area contributed by atoms with Gasteiger partial charge in [0.2, 0.25) is 0 Å². The first-order chi connectivity index (χ1) is 9.08. The molecular formula is C13H14N2O4. The van der Waals surface area contributed by atoms with E-state index in [1.807, 2.05) is 6.92 Å². The molecule has 0 atom stereocenters. The lowest BCUT2D eigenvalue weighted by Crippen LogP contribution is -1.99. The summed E-state index contributed by atoms with van der Waals surface area (Å²) in [7, 11) is 3.09. The summed E-state index contributed by atoms with van der Waals surface area (Å²) in [6.07, 6.45) is 1.27. The Labute approximate surface area is 110 Å². The van der Waals surface area contributed by atoms with E-state index in [-0.39, 0.29) is 5.56 Å². The monoisotopic (exact) mass is 262 g/mol. The molecule has 1 aromatic carbocycles. The quantitative estimate of drug-likeness (QED) is 0.881. The van der Waals surface area contributed by atoms with Crippen molar-refractivity contribution >= 4 is 5.97 Å². The lowest BCUT2D eigenvalue weighted by atomic mass is 10.0. The van der Waals surface area contributed by atoms with Gasteiger partial charge in [-0.1, -0.05) is 0 Å². The lowest BCUT2D eigenvalue weighted by Gasteiger charge is -2.12. The predicted octanol–water partition coefficient (Wildman–Crippen LogP) is 2.10. The molecule has 100 valence electrons. The van der Waals surface area contributed by atoms with Gasteiger partial charge in [0.1, 0.15) is 17.1 Å². The molecule has 0 fully saturated rings. The van der Waals surface area contributed by atoms with Crippen LogP contribution in [0.15, 0.2) is 18.3 Å². The number of aromatic nitrogens is 2. The topological polar surface area (TPSA) is 84.4 Å². The van der Waals surface area contributed by atoms with Crippen LogP contribution in [0.2, 0.25) is 0 Å². The molecular weight excluding hydrogens is 248 g/mol.